The molecule has 0 radical (unpaired) electrons. The van der Waals surface area contributed by atoms with Crippen LogP contribution in [0.15, 0.2) is 28.9 Å². The molecule has 90 valence electrons. The van der Waals surface area contributed by atoms with Crippen molar-refractivity contribution in [2.24, 2.45) is 4.99 Å². The third-order valence-electron chi connectivity index (χ3n) is 2.19. The van der Waals surface area contributed by atoms with Gasteiger partial charge in [0.15, 0.2) is 15.8 Å². The van der Waals surface area contributed by atoms with Crippen molar-refractivity contribution in [3.05, 3.63) is 24.2 Å². The Balaban J connectivity index is 2.27. The van der Waals surface area contributed by atoms with Gasteiger partial charge >= 0.3 is 0 Å². The minimum Gasteiger partial charge on any atom is -0.385 e. The van der Waals surface area contributed by atoms with Crippen LogP contribution in [-0.2, 0) is 6.54 Å². The molecule has 1 aromatic heterocycles. The molecular weight excluding hydrogens is 254 g/mol. The van der Waals surface area contributed by atoms with Gasteiger partial charge in [-0.25, -0.2) is 9.98 Å². The predicted octanol–water partition coefficient (Wildman–Crippen LogP) is 0.532. The second-order valence-electron chi connectivity index (χ2n) is 3.41. The fraction of sp³-hybridized carbons (Fsp3) is 0.300. The first-order valence-corrected chi connectivity index (χ1v) is 6.53. The van der Waals surface area contributed by atoms with Crippen LogP contribution >= 0.6 is 24.0 Å². The quantitative estimate of drug-likeness (QED) is 0.465. The Morgan fingerprint density at radius 2 is 2.65 bits per heavy atom. The van der Waals surface area contributed by atoms with Crippen LogP contribution < -0.4 is 16.5 Å². The molecule has 17 heavy (non-hydrogen) atoms. The molecule has 1 aromatic rings. The molecule has 0 aromatic carbocycles. The van der Waals surface area contributed by atoms with Gasteiger partial charge in [0, 0.05) is 24.9 Å². The standard InChI is InChI=1S/C10H13N5S2/c1-2-3-12-9(16)13-8-6-7(11)15-4-5-17-10(15)14-8/h2,6H,1,3-5,11H2,(H,12,16). The van der Waals surface area contributed by atoms with Gasteiger partial charge < -0.3 is 15.6 Å². The van der Waals surface area contributed by atoms with E-state index in [0.717, 1.165) is 17.5 Å². The zero-order chi connectivity index (χ0) is 12.3. The van der Waals surface area contributed by atoms with E-state index < -0.39 is 0 Å². The third kappa shape index (κ3) is 2.86. The summed E-state index contributed by atoms with van der Waals surface area (Å²) < 4.78 is 1.98. The van der Waals surface area contributed by atoms with Gasteiger partial charge in [-0.3, -0.25) is 0 Å². The van der Waals surface area contributed by atoms with Crippen molar-refractivity contribution >= 4 is 34.9 Å². The van der Waals surface area contributed by atoms with Crippen LogP contribution in [0.3, 0.4) is 0 Å². The number of anilines is 1. The zero-order valence-electron chi connectivity index (χ0n) is 9.22. The smallest absolute Gasteiger partial charge is 0.195 e. The van der Waals surface area contributed by atoms with Crippen molar-refractivity contribution < 1.29 is 0 Å². The molecule has 2 rings (SSSR count). The Labute approximate surface area is 109 Å². The van der Waals surface area contributed by atoms with Crippen molar-refractivity contribution in [3.8, 4) is 0 Å². The average Bonchev–Trinajstić information content (AvgIpc) is 2.75. The number of nitrogens with two attached hydrogens (primary N) is 1. The SMILES string of the molecule is C=CCNC(=S)N=c1cc(N)n2c(n1)SCC2. The van der Waals surface area contributed by atoms with Crippen LogP contribution in [0, 0.1) is 0 Å². The molecule has 0 fully saturated rings. The molecule has 5 nitrogen and oxygen atoms in total. The van der Waals surface area contributed by atoms with E-state index in [-0.39, 0.29) is 0 Å². The molecule has 1 aliphatic heterocycles. The summed E-state index contributed by atoms with van der Waals surface area (Å²) in [7, 11) is 0. The Morgan fingerprint density at radius 3 is 3.41 bits per heavy atom. The molecule has 0 spiro atoms. The van der Waals surface area contributed by atoms with E-state index in [1.54, 1.807) is 23.9 Å². The van der Waals surface area contributed by atoms with Gasteiger partial charge in [0.05, 0.1) is 0 Å². The fourth-order valence-corrected chi connectivity index (χ4v) is 2.58. The Kier molecular flexibility index (Phi) is 3.80. The maximum atomic E-state index is 5.92. The minimum absolute atomic E-state index is 0.393. The second-order valence-corrected chi connectivity index (χ2v) is 4.86. The van der Waals surface area contributed by atoms with Gasteiger partial charge in [0.1, 0.15) is 5.82 Å². The summed E-state index contributed by atoms with van der Waals surface area (Å²) >= 11 is 6.73. The normalized spacial score (nSPS) is 14.5. The van der Waals surface area contributed by atoms with Gasteiger partial charge in [0.2, 0.25) is 0 Å². The Morgan fingerprint density at radius 1 is 1.82 bits per heavy atom. The number of hydrogen-bond donors (Lipinski definition) is 2. The van der Waals surface area contributed by atoms with Gasteiger partial charge in [-0.15, -0.1) is 6.58 Å². The van der Waals surface area contributed by atoms with Crippen LogP contribution in [-0.4, -0.2) is 27.0 Å². The molecular formula is C10H13N5S2. The Hall–Kier alpha value is -1.34. The molecule has 3 N–H and O–H groups in total. The topological polar surface area (TPSA) is 68.2 Å². The number of nitrogen functional groups attached to an aromatic ring is 1. The highest BCUT2D eigenvalue weighted by atomic mass is 32.2. The number of hydrogen-bond acceptors (Lipinski definition) is 4. The molecule has 0 aliphatic carbocycles. The highest BCUT2D eigenvalue weighted by molar-refractivity contribution is 7.99. The third-order valence-corrected chi connectivity index (χ3v) is 3.38. The lowest BCUT2D eigenvalue weighted by atomic mass is 10.5. The van der Waals surface area contributed by atoms with Crippen LogP contribution in [0.4, 0.5) is 5.82 Å². The molecule has 0 amide bonds. The molecule has 2 heterocycles. The predicted molar refractivity (Wildman–Crippen MR) is 73.7 cm³/mol. The van der Waals surface area contributed by atoms with Crippen LogP contribution in [0.2, 0.25) is 0 Å². The molecule has 7 heteroatoms. The molecule has 1 aliphatic rings. The molecule has 0 atom stereocenters. The highest BCUT2D eigenvalue weighted by Gasteiger charge is 2.13. The number of rotatable bonds is 2. The monoisotopic (exact) mass is 267 g/mol. The summed E-state index contributed by atoms with van der Waals surface area (Å²) in [5.41, 5.74) is 6.46. The summed E-state index contributed by atoms with van der Waals surface area (Å²) in [6.45, 7) is 5.09. The summed E-state index contributed by atoms with van der Waals surface area (Å²) in [6.07, 6.45) is 1.72. The summed E-state index contributed by atoms with van der Waals surface area (Å²) in [5, 5.41) is 4.21. The van der Waals surface area contributed by atoms with E-state index in [2.05, 4.69) is 21.9 Å². The number of nitrogens with one attached hydrogen (secondary N) is 1. The van der Waals surface area contributed by atoms with Crippen LogP contribution in [0.5, 0.6) is 0 Å². The van der Waals surface area contributed by atoms with E-state index in [4.69, 9.17) is 18.0 Å². The second kappa shape index (κ2) is 5.33. The first kappa shape index (κ1) is 12.1. The lowest BCUT2D eigenvalue weighted by Crippen LogP contribution is -2.24. The van der Waals surface area contributed by atoms with Gasteiger partial charge in [-0.1, -0.05) is 17.8 Å². The first-order valence-electron chi connectivity index (χ1n) is 5.14. The average molecular weight is 267 g/mol. The number of thioether (sulfide) groups is 1. The van der Waals surface area contributed by atoms with Crippen molar-refractivity contribution in [2.75, 3.05) is 18.0 Å². The highest BCUT2D eigenvalue weighted by Crippen LogP contribution is 2.23. The van der Waals surface area contributed by atoms with E-state index >= 15 is 0 Å². The molecule has 0 bridgehead atoms. The van der Waals surface area contributed by atoms with Gasteiger partial charge in [-0.05, 0) is 12.2 Å². The maximum absolute atomic E-state index is 5.92. The van der Waals surface area contributed by atoms with E-state index in [1.165, 1.54) is 0 Å². The summed E-state index contributed by atoms with van der Waals surface area (Å²) in [5.74, 6) is 1.67. The molecule has 0 unspecified atom stereocenters. The summed E-state index contributed by atoms with van der Waals surface area (Å²) in [6, 6.07) is 1.73. The zero-order valence-corrected chi connectivity index (χ0v) is 10.9. The van der Waals surface area contributed by atoms with Crippen LogP contribution in [0.1, 0.15) is 0 Å². The first-order chi connectivity index (χ1) is 8.20. The van der Waals surface area contributed by atoms with Gasteiger partial charge in [0.25, 0.3) is 0 Å². The molecule has 0 saturated carbocycles. The maximum Gasteiger partial charge on any atom is 0.195 e. The number of aromatic nitrogens is 2. The largest absolute Gasteiger partial charge is 0.385 e. The van der Waals surface area contributed by atoms with E-state index in [1.807, 2.05) is 4.57 Å². The number of nitrogens with zero attached hydrogens (tertiary/aromatic N) is 3. The number of thiocarbonyl (C=S) groups is 1. The van der Waals surface area contributed by atoms with Crippen LogP contribution in [0.25, 0.3) is 0 Å². The number of fused-ring (bicyclic) bond motifs is 1. The van der Waals surface area contributed by atoms with Gasteiger partial charge in [-0.2, -0.15) is 0 Å². The van der Waals surface area contributed by atoms with E-state index in [0.29, 0.717) is 23.0 Å². The lowest BCUT2D eigenvalue weighted by molar-refractivity contribution is 0.683. The van der Waals surface area contributed by atoms with Crippen molar-refractivity contribution in [1.29, 1.82) is 0 Å². The van der Waals surface area contributed by atoms with Crippen molar-refractivity contribution in [1.82, 2.24) is 14.9 Å². The van der Waals surface area contributed by atoms with E-state index in [9.17, 15) is 0 Å². The van der Waals surface area contributed by atoms with Crippen molar-refractivity contribution in [2.45, 2.75) is 11.7 Å². The molecule has 0 saturated heterocycles. The van der Waals surface area contributed by atoms with Crippen molar-refractivity contribution in [3.63, 3.8) is 0 Å². The minimum atomic E-state index is 0.393. The lowest BCUT2D eigenvalue weighted by Gasteiger charge is -2.05. The Bertz CT molecular complexity index is 520. The fourth-order valence-electron chi connectivity index (χ4n) is 1.43. The summed E-state index contributed by atoms with van der Waals surface area (Å²) in [4.78, 5) is 8.58.